The van der Waals surface area contributed by atoms with Crippen molar-refractivity contribution in [2.24, 2.45) is 0 Å². The van der Waals surface area contributed by atoms with Gasteiger partial charge in [0.15, 0.2) is 6.10 Å². The van der Waals surface area contributed by atoms with Crippen LogP contribution in [0.25, 0.3) is 0 Å². The molecular weight excluding hydrogens is 423 g/mol. The Balaban J connectivity index is 1.63. The number of sulfonamides is 1. The number of ether oxygens (including phenoxy) is 1. The Morgan fingerprint density at radius 3 is 2.32 bits per heavy atom. The van der Waals surface area contributed by atoms with Gasteiger partial charge in [-0.25, -0.2) is 8.42 Å². The van der Waals surface area contributed by atoms with Crippen LogP contribution in [0.1, 0.15) is 6.92 Å². The first-order valence-electron chi connectivity index (χ1n) is 8.75. The Hall–Kier alpha value is -1.80. The van der Waals surface area contributed by atoms with Gasteiger partial charge in [-0.3, -0.25) is 4.79 Å². The molecule has 2 aromatic rings. The number of hydrogen-bond acceptors (Lipinski definition) is 4. The van der Waals surface area contributed by atoms with Crippen LogP contribution in [0.15, 0.2) is 53.4 Å². The molecule has 0 saturated carbocycles. The average molecular weight is 443 g/mol. The normalized spacial score (nSPS) is 16.6. The third kappa shape index (κ3) is 4.60. The lowest BCUT2D eigenvalue weighted by Crippen LogP contribution is -2.53. The molecule has 0 aliphatic carbocycles. The van der Waals surface area contributed by atoms with E-state index in [1.165, 1.54) is 22.5 Å². The quantitative estimate of drug-likeness (QED) is 0.712. The summed E-state index contributed by atoms with van der Waals surface area (Å²) in [5.74, 6) is 0.432. The maximum Gasteiger partial charge on any atom is 0.263 e. The van der Waals surface area contributed by atoms with Crippen molar-refractivity contribution in [3.8, 4) is 5.75 Å². The summed E-state index contributed by atoms with van der Waals surface area (Å²) in [6.45, 7) is 2.59. The van der Waals surface area contributed by atoms with Gasteiger partial charge in [0, 0.05) is 31.2 Å². The van der Waals surface area contributed by atoms with Gasteiger partial charge in [0.05, 0.1) is 5.02 Å². The maximum atomic E-state index is 12.9. The highest BCUT2D eigenvalue weighted by molar-refractivity contribution is 7.89. The van der Waals surface area contributed by atoms with Crippen molar-refractivity contribution in [3.05, 3.63) is 58.6 Å². The summed E-state index contributed by atoms with van der Waals surface area (Å²) >= 11 is 12.0. The van der Waals surface area contributed by atoms with Crippen LogP contribution in [0.2, 0.25) is 10.0 Å². The first-order chi connectivity index (χ1) is 13.3. The molecule has 0 radical (unpaired) electrons. The van der Waals surface area contributed by atoms with Gasteiger partial charge < -0.3 is 9.64 Å². The Morgan fingerprint density at radius 2 is 1.68 bits per heavy atom. The summed E-state index contributed by atoms with van der Waals surface area (Å²) < 4.78 is 32.7. The van der Waals surface area contributed by atoms with Crippen molar-refractivity contribution in [2.75, 3.05) is 26.2 Å². The molecule has 0 aromatic heterocycles. The first-order valence-corrected chi connectivity index (χ1v) is 10.9. The van der Waals surface area contributed by atoms with E-state index in [2.05, 4.69) is 0 Å². The van der Waals surface area contributed by atoms with Gasteiger partial charge in [0.25, 0.3) is 5.91 Å². The van der Waals surface area contributed by atoms with Gasteiger partial charge in [-0.05, 0) is 37.3 Å². The largest absolute Gasteiger partial charge is 0.481 e. The fraction of sp³-hybridized carbons (Fsp3) is 0.316. The molecule has 0 spiro atoms. The molecule has 3 rings (SSSR count). The number of rotatable bonds is 5. The summed E-state index contributed by atoms with van der Waals surface area (Å²) in [5, 5.41) is 0.413. The monoisotopic (exact) mass is 442 g/mol. The van der Waals surface area contributed by atoms with E-state index in [-0.39, 0.29) is 42.0 Å². The molecule has 0 N–H and O–H groups in total. The first kappa shape index (κ1) is 20.9. The predicted molar refractivity (Wildman–Crippen MR) is 108 cm³/mol. The fourth-order valence-electron chi connectivity index (χ4n) is 2.97. The second kappa shape index (κ2) is 8.69. The van der Waals surface area contributed by atoms with Crippen LogP contribution >= 0.6 is 23.2 Å². The minimum Gasteiger partial charge on any atom is -0.481 e. The standard InChI is InChI=1S/C19H20Cl2N2O4S/c1-14(27-16-5-3-2-4-6-16)19(24)22-9-11-23(12-10-22)28(25,26)18-13-15(20)7-8-17(18)21/h2-8,13-14H,9-12H2,1H3. The lowest BCUT2D eigenvalue weighted by Gasteiger charge is -2.35. The summed E-state index contributed by atoms with van der Waals surface area (Å²) in [6, 6.07) is 13.4. The van der Waals surface area contributed by atoms with Gasteiger partial charge in [-0.15, -0.1) is 0 Å². The molecule has 1 saturated heterocycles. The number of piperazine rings is 1. The Bertz CT molecular complexity index is 946. The Morgan fingerprint density at radius 1 is 1.04 bits per heavy atom. The van der Waals surface area contributed by atoms with Gasteiger partial charge >= 0.3 is 0 Å². The molecule has 150 valence electrons. The number of carbonyl (C=O) groups is 1. The van der Waals surface area contributed by atoms with E-state index in [0.29, 0.717) is 10.8 Å². The zero-order chi connectivity index (χ0) is 20.3. The number of carbonyl (C=O) groups excluding carboxylic acids is 1. The number of para-hydroxylation sites is 1. The Labute approximate surface area is 174 Å². The molecule has 1 aliphatic heterocycles. The molecule has 2 aromatic carbocycles. The SMILES string of the molecule is CC(Oc1ccccc1)C(=O)N1CCN(S(=O)(=O)c2cc(Cl)ccc2Cl)CC1. The smallest absolute Gasteiger partial charge is 0.263 e. The maximum absolute atomic E-state index is 12.9. The van der Waals surface area contributed by atoms with E-state index in [9.17, 15) is 13.2 Å². The van der Waals surface area contributed by atoms with Crippen molar-refractivity contribution in [3.63, 3.8) is 0 Å². The number of nitrogens with zero attached hydrogens (tertiary/aromatic N) is 2. The highest BCUT2D eigenvalue weighted by Gasteiger charge is 2.33. The van der Waals surface area contributed by atoms with E-state index in [0.717, 1.165) is 0 Å². The highest BCUT2D eigenvalue weighted by Crippen LogP contribution is 2.28. The minimum atomic E-state index is -3.79. The third-order valence-electron chi connectivity index (χ3n) is 4.47. The van der Waals surface area contributed by atoms with Crippen LogP contribution in [0, 0.1) is 0 Å². The average Bonchev–Trinajstić information content (AvgIpc) is 2.70. The summed E-state index contributed by atoms with van der Waals surface area (Å²) in [4.78, 5) is 14.2. The van der Waals surface area contributed by atoms with E-state index in [4.69, 9.17) is 27.9 Å². The van der Waals surface area contributed by atoms with Crippen molar-refractivity contribution in [1.29, 1.82) is 0 Å². The summed E-state index contributed by atoms with van der Waals surface area (Å²) in [7, 11) is -3.79. The summed E-state index contributed by atoms with van der Waals surface area (Å²) in [5.41, 5.74) is 0. The summed E-state index contributed by atoms with van der Waals surface area (Å²) in [6.07, 6.45) is -0.659. The van der Waals surface area contributed by atoms with Gasteiger partial charge in [-0.1, -0.05) is 41.4 Å². The molecular formula is C19H20Cl2N2O4S. The molecule has 9 heteroatoms. The second-order valence-electron chi connectivity index (χ2n) is 6.38. The van der Waals surface area contributed by atoms with Crippen molar-refractivity contribution in [2.45, 2.75) is 17.9 Å². The number of amides is 1. The van der Waals surface area contributed by atoms with E-state index >= 15 is 0 Å². The molecule has 6 nitrogen and oxygen atoms in total. The van der Waals surface area contributed by atoms with E-state index in [1.807, 2.05) is 18.2 Å². The van der Waals surface area contributed by atoms with E-state index in [1.54, 1.807) is 24.0 Å². The van der Waals surface area contributed by atoms with Crippen molar-refractivity contribution >= 4 is 39.1 Å². The highest BCUT2D eigenvalue weighted by atomic mass is 35.5. The number of hydrogen-bond donors (Lipinski definition) is 0. The third-order valence-corrected chi connectivity index (χ3v) is 7.08. The van der Waals surface area contributed by atoms with Crippen LogP contribution in [0.5, 0.6) is 5.75 Å². The molecule has 1 unspecified atom stereocenters. The van der Waals surface area contributed by atoms with E-state index < -0.39 is 16.1 Å². The van der Waals surface area contributed by atoms with Gasteiger partial charge in [0.2, 0.25) is 10.0 Å². The zero-order valence-corrected chi connectivity index (χ0v) is 17.5. The molecule has 1 aliphatic rings. The number of benzene rings is 2. The lowest BCUT2D eigenvalue weighted by atomic mass is 10.3. The molecule has 1 atom stereocenters. The van der Waals surface area contributed by atoms with Crippen LogP contribution in [-0.2, 0) is 14.8 Å². The topological polar surface area (TPSA) is 66.9 Å². The van der Waals surface area contributed by atoms with Gasteiger partial charge in [-0.2, -0.15) is 4.31 Å². The fourth-order valence-corrected chi connectivity index (χ4v) is 5.13. The molecule has 28 heavy (non-hydrogen) atoms. The Kier molecular flexibility index (Phi) is 6.50. The van der Waals surface area contributed by atoms with Crippen molar-refractivity contribution in [1.82, 2.24) is 9.21 Å². The van der Waals surface area contributed by atoms with Crippen LogP contribution < -0.4 is 4.74 Å². The van der Waals surface area contributed by atoms with Gasteiger partial charge in [0.1, 0.15) is 10.6 Å². The van der Waals surface area contributed by atoms with Crippen molar-refractivity contribution < 1.29 is 17.9 Å². The molecule has 1 amide bonds. The molecule has 1 fully saturated rings. The predicted octanol–water partition coefficient (Wildman–Crippen LogP) is 3.29. The lowest BCUT2D eigenvalue weighted by molar-refractivity contribution is -0.139. The van der Waals surface area contributed by atoms with Crippen LogP contribution in [0.3, 0.4) is 0 Å². The van der Waals surface area contributed by atoms with Crippen LogP contribution in [-0.4, -0.2) is 55.8 Å². The second-order valence-corrected chi connectivity index (χ2v) is 9.13. The number of halogens is 2. The zero-order valence-electron chi connectivity index (χ0n) is 15.2. The molecule has 0 bridgehead atoms. The molecule has 1 heterocycles. The van der Waals surface area contributed by atoms with Crippen LogP contribution in [0.4, 0.5) is 0 Å². The minimum absolute atomic E-state index is 0.0257.